The van der Waals surface area contributed by atoms with Crippen LogP contribution in [0, 0.1) is 5.41 Å². The van der Waals surface area contributed by atoms with Gasteiger partial charge in [0.15, 0.2) is 0 Å². The molecule has 1 amide bonds. The summed E-state index contributed by atoms with van der Waals surface area (Å²) in [6.07, 6.45) is 0. The van der Waals surface area contributed by atoms with Gasteiger partial charge in [-0.3, -0.25) is 15.0 Å². The maximum atomic E-state index is 12.9. The zero-order valence-corrected chi connectivity index (χ0v) is 16.2. The van der Waals surface area contributed by atoms with E-state index in [1.807, 2.05) is 0 Å². The van der Waals surface area contributed by atoms with Crippen LogP contribution < -0.4 is 27.1 Å². The maximum Gasteiger partial charge on any atom is 0.252 e. The summed E-state index contributed by atoms with van der Waals surface area (Å²) in [6.45, 7) is 3.68. The number of fused-ring (bicyclic) bond motifs is 1. The standard InChI is InChI=1S/C21H23N5O3/c1-21(2,11-29-16-9-5-7-14(22)18(16)19(23)24)26-20(28)13-10-17(27)25-15-8-4-3-6-12(13)15/h3-10H,11,22H2,1-2H3,(H3,23,24)(H,25,27)(H,26,28). The van der Waals surface area contributed by atoms with Crippen molar-refractivity contribution in [2.24, 2.45) is 5.73 Å². The number of nitrogen functional groups attached to an aromatic ring is 2. The molecule has 29 heavy (non-hydrogen) atoms. The second-order valence-corrected chi connectivity index (χ2v) is 7.35. The van der Waals surface area contributed by atoms with Crippen LogP contribution in [0.2, 0.25) is 0 Å². The summed E-state index contributed by atoms with van der Waals surface area (Å²) in [5.41, 5.74) is 11.9. The molecule has 2 aromatic carbocycles. The Bertz CT molecular complexity index is 1150. The van der Waals surface area contributed by atoms with Crippen molar-refractivity contribution in [1.82, 2.24) is 10.3 Å². The van der Waals surface area contributed by atoms with Gasteiger partial charge in [-0.1, -0.05) is 24.3 Å². The third-order valence-electron chi connectivity index (χ3n) is 4.36. The van der Waals surface area contributed by atoms with Crippen LogP contribution in [-0.4, -0.2) is 28.9 Å². The molecule has 0 bridgehead atoms. The van der Waals surface area contributed by atoms with E-state index >= 15 is 0 Å². The second kappa shape index (κ2) is 7.67. The van der Waals surface area contributed by atoms with Gasteiger partial charge in [-0.25, -0.2) is 0 Å². The van der Waals surface area contributed by atoms with Gasteiger partial charge in [0.25, 0.3) is 5.91 Å². The predicted molar refractivity (Wildman–Crippen MR) is 113 cm³/mol. The highest BCUT2D eigenvalue weighted by molar-refractivity contribution is 6.06. The molecule has 0 saturated carbocycles. The van der Waals surface area contributed by atoms with E-state index in [9.17, 15) is 9.59 Å². The number of carbonyl (C=O) groups excluding carboxylic acids is 1. The fourth-order valence-electron chi connectivity index (χ4n) is 3.02. The van der Waals surface area contributed by atoms with E-state index in [0.29, 0.717) is 27.9 Å². The van der Waals surface area contributed by atoms with Gasteiger partial charge in [0.05, 0.1) is 16.7 Å². The number of hydrogen-bond donors (Lipinski definition) is 5. The summed E-state index contributed by atoms with van der Waals surface area (Å²) in [4.78, 5) is 27.5. The normalized spacial score (nSPS) is 11.2. The summed E-state index contributed by atoms with van der Waals surface area (Å²) >= 11 is 0. The number of hydrogen-bond acceptors (Lipinski definition) is 5. The van der Waals surface area contributed by atoms with E-state index < -0.39 is 5.54 Å². The molecule has 7 N–H and O–H groups in total. The van der Waals surface area contributed by atoms with Crippen molar-refractivity contribution in [3.05, 3.63) is 70.0 Å². The van der Waals surface area contributed by atoms with Gasteiger partial charge < -0.3 is 26.5 Å². The van der Waals surface area contributed by atoms with Crippen LogP contribution in [0.3, 0.4) is 0 Å². The van der Waals surface area contributed by atoms with Crippen molar-refractivity contribution >= 4 is 28.3 Å². The first kappa shape index (κ1) is 19.9. The molecule has 0 atom stereocenters. The average molecular weight is 393 g/mol. The van der Waals surface area contributed by atoms with Crippen molar-refractivity contribution < 1.29 is 9.53 Å². The molecule has 8 heteroatoms. The average Bonchev–Trinajstić information content (AvgIpc) is 2.65. The fraction of sp³-hybridized carbons (Fsp3) is 0.190. The van der Waals surface area contributed by atoms with E-state index in [4.69, 9.17) is 21.6 Å². The SMILES string of the molecule is CC(C)(COc1cccc(N)c1C(=N)N)NC(=O)c1cc(=O)[nH]c2ccccc12. The lowest BCUT2D eigenvalue weighted by Crippen LogP contribution is -2.48. The van der Waals surface area contributed by atoms with Gasteiger partial charge in [0, 0.05) is 22.7 Å². The number of benzene rings is 2. The van der Waals surface area contributed by atoms with Gasteiger partial charge in [-0.2, -0.15) is 0 Å². The lowest BCUT2D eigenvalue weighted by atomic mass is 10.0. The molecule has 0 aliphatic heterocycles. The van der Waals surface area contributed by atoms with Crippen LogP contribution in [0.25, 0.3) is 10.9 Å². The van der Waals surface area contributed by atoms with Crippen LogP contribution in [0.5, 0.6) is 5.75 Å². The number of rotatable bonds is 6. The smallest absolute Gasteiger partial charge is 0.252 e. The van der Waals surface area contributed by atoms with Crippen LogP contribution >= 0.6 is 0 Å². The number of amidine groups is 1. The number of anilines is 1. The van der Waals surface area contributed by atoms with Crippen molar-refractivity contribution in [2.75, 3.05) is 12.3 Å². The Labute approximate surface area is 167 Å². The van der Waals surface area contributed by atoms with Crippen molar-refractivity contribution in [1.29, 1.82) is 5.41 Å². The molecule has 3 rings (SSSR count). The molecule has 0 saturated heterocycles. The fourth-order valence-corrected chi connectivity index (χ4v) is 3.02. The first-order chi connectivity index (χ1) is 13.7. The molecule has 0 spiro atoms. The first-order valence-corrected chi connectivity index (χ1v) is 8.98. The predicted octanol–water partition coefficient (Wildman–Crippen LogP) is 1.98. The number of nitrogens with one attached hydrogen (secondary N) is 3. The molecule has 1 aromatic heterocycles. The third kappa shape index (κ3) is 4.37. The van der Waals surface area contributed by atoms with Crippen LogP contribution in [0.15, 0.2) is 53.3 Å². The molecular formula is C21H23N5O3. The quantitative estimate of drug-likeness (QED) is 0.247. The number of aromatic nitrogens is 1. The number of amides is 1. The number of H-pyrrole nitrogens is 1. The van der Waals surface area contributed by atoms with E-state index in [2.05, 4.69) is 10.3 Å². The van der Waals surface area contributed by atoms with Crippen LogP contribution in [0.4, 0.5) is 5.69 Å². The van der Waals surface area contributed by atoms with Gasteiger partial charge in [-0.15, -0.1) is 0 Å². The highest BCUT2D eigenvalue weighted by Gasteiger charge is 2.24. The minimum absolute atomic E-state index is 0.101. The van der Waals surface area contributed by atoms with Gasteiger partial charge >= 0.3 is 0 Å². The second-order valence-electron chi connectivity index (χ2n) is 7.35. The lowest BCUT2D eigenvalue weighted by molar-refractivity contribution is 0.0882. The summed E-state index contributed by atoms with van der Waals surface area (Å²) < 4.78 is 5.81. The molecule has 0 aliphatic rings. The summed E-state index contributed by atoms with van der Waals surface area (Å²) in [6, 6.07) is 13.4. The Hall–Kier alpha value is -3.81. The van der Waals surface area contributed by atoms with Crippen molar-refractivity contribution in [3.63, 3.8) is 0 Å². The Morgan fingerprint density at radius 3 is 2.66 bits per heavy atom. The van der Waals surface area contributed by atoms with Gasteiger partial charge in [0.2, 0.25) is 5.56 Å². The Morgan fingerprint density at radius 2 is 1.93 bits per heavy atom. The highest BCUT2D eigenvalue weighted by atomic mass is 16.5. The van der Waals surface area contributed by atoms with E-state index in [0.717, 1.165) is 0 Å². The highest BCUT2D eigenvalue weighted by Crippen LogP contribution is 2.25. The zero-order valence-electron chi connectivity index (χ0n) is 16.2. The number of nitrogens with two attached hydrogens (primary N) is 2. The summed E-state index contributed by atoms with van der Waals surface area (Å²) in [5.74, 6) is -0.225. The van der Waals surface area contributed by atoms with Crippen molar-refractivity contribution in [2.45, 2.75) is 19.4 Å². The first-order valence-electron chi connectivity index (χ1n) is 8.98. The molecule has 1 heterocycles. The molecular weight excluding hydrogens is 370 g/mol. The largest absolute Gasteiger partial charge is 0.490 e. The lowest BCUT2D eigenvalue weighted by Gasteiger charge is -2.27. The Balaban J connectivity index is 1.80. The molecule has 3 aromatic rings. The monoisotopic (exact) mass is 393 g/mol. The molecule has 150 valence electrons. The van der Waals surface area contributed by atoms with E-state index in [1.54, 1.807) is 56.3 Å². The topological polar surface area (TPSA) is 147 Å². The summed E-state index contributed by atoms with van der Waals surface area (Å²) in [5, 5.41) is 11.2. The number of aromatic amines is 1. The Kier molecular flexibility index (Phi) is 5.27. The molecule has 0 radical (unpaired) electrons. The maximum absolute atomic E-state index is 12.9. The molecule has 8 nitrogen and oxygen atoms in total. The molecule has 0 aliphatic carbocycles. The number of pyridine rings is 1. The van der Waals surface area contributed by atoms with E-state index in [-0.39, 0.29) is 29.5 Å². The summed E-state index contributed by atoms with van der Waals surface area (Å²) in [7, 11) is 0. The zero-order chi connectivity index (χ0) is 21.2. The molecule has 0 fully saturated rings. The number of ether oxygens (including phenoxy) is 1. The van der Waals surface area contributed by atoms with Crippen LogP contribution in [-0.2, 0) is 0 Å². The van der Waals surface area contributed by atoms with E-state index in [1.165, 1.54) is 6.07 Å². The molecule has 0 unspecified atom stereocenters. The Morgan fingerprint density at radius 1 is 1.21 bits per heavy atom. The number of carbonyl (C=O) groups is 1. The minimum atomic E-state index is -0.778. The number of para-hydroxylation sites is 1. The van der Waals surface area contributed by atoms with Gasteiger partial charge in [-0.05, 0) is 32.0 Å². The van der Waals surface area contributed by atoms with Gasteiger partial charge in [0.1, 0.15) is 18.2 Å². The van der Waals surface area contributed by atoms with Crippen LogP contribution in [0.1, 0.15) is 29.8 Å². The van der Waals surface area contributed by atoms with Crippen molar-refractivity contribution in [3.8, 4) is 5.75 Å². The minimum Gasteiger partial charge on any atom is -0.490 e. The third-order valence-corrected chi connectivity index (χ3v) is 4.36.